The molecule has 98 valence electrons. The van der Waals surface area contributed by atoms with Crippen molar-refractivity contribution in [2.75, 3.05) is 11.9 Å². The SMILES string of the molecule is CCCC1(CNc2ccc(Cl)c(C(=O)O)n2)CC1. The molecule has 0 saturated heterocycles. The van der Waals surface area contributed by atoms with Gasteiger partial charge in [0.25, 0.3) is 0 Å². The summed E-state index contributed by atoms with van der Waals surface area (Å²) < 4.78 is 0. The largest absolute Gasteiger partial charge is 0.476 e. The number of rotatable bonds is 6. The van der Waals surface area contributed by atoms with Crippen LogP contribution in [0.25, 0.3) is 0 Å². The minimum absolute atomic E-state index is 0.0954. The summed E-state index contributed by atoms with van der Waals surface area (Å²) in [7, 11) is 0. The Hall–Kier alpha value is -1.29. The number of carboxylic acids is 1. The summed E-state index contributed by atoms with van der Waals surface area (Å²) in [6.45, 7) is 3.04. The van der Waals surface area contributed by atoms with Crippen molar-refractivity contribution in [3.63, 3.8) is 0 Å². The summed E-state index contributed by atoms with van der Waals surface area (Å²) >= 11 is 5.77. The Balaban J connectivity index is 2.02. The van der Waals surface area contributed by atoms with Crippen molar-refractivity contribution in [1.29, 1.82) is 0 Å². The molecule has 1 saturated carbocycles. The Morgan fingerprint density at radius 2 is 2.28 bits per heavy atom. The van der Waals surface area contributed by atoms with Gasteiger partial charge in [-0.25, -0.2) is 9.78 Å². The first-order valence-corrected chi connectivity index (χ1v) is 6.58. The molecular weight excluding hydrogens is 252 g/mol. The fourth-order valence-corrected chi connectivity index (χ4v) is 2.38. The number of carbonyl (C=O) groups is 1. The molecule has 0 atom stereocenters. The average molecular weight is 269 g/mol. The molecule has 18 heavy (non-hydrogen) atoms. The Morgan fingerprint density at radius 3 is 2.83 bits per heavy atom. The fourth-order valence-electron chi connectivity index (χ4n) is 2.19. The fraction of sp³-hybridized carbons (Fsp3) is 0.538. The number of nitrogens with one attached hydrogen (secondary N) is 1. The van der Waals surface area contributed by atoms with Crippen LogP contribution in [0.3, 0.4) is 0 Å². The van der Waals surface area contributed by atoms with E-state index < -0.39 is 5.97 Å². The smallest absolute Gasteiger partial charge is 0.356 e. The highest BCUT2D eigenvalue weighted by atomic mass is 35.5. The minimum Gasteiger partial charge on any atom is -0.476 e. The predicted molar refractivity (Wildman–Crippen MR) is 71.3 cm³/mol. The first-order valence-electron chi connectivity index (χ1n) is 6.20. The van der Waals surface area contributed by atoms with Crippen molar-refractivity contribution >= 4 is 23.4 Å². The lowest BCUT2D eigenvalue weighted by molar-refractivity contribution is 0.0691. The molecule has 1 aliphatic carbocycles. The Kier molecular flexibility index (Phi) is 3.76. The highest BCUT2D eigenvalue weighted by Gasteiger charge is 2.41. The molecule has 0 bridgehead atoms. The molecule has 0 aliphatic heterocycles. The van der Waals surface area contributed by atoms with E-state index in [9.17, 15) is 4.79 Å². The Labute approximate surface area is 111 Å². The number of anilines is 1. The van der Waals surface area contributed by atoms with Gasteiger partial charge < -0.3 is 10.4 Å². The van der Waals surface area contributed by atoms with E-state index in [1.54, 1.807) is 12.1 Å². The van der Waals surface area contributed by atoms with Crippen LogP contribution in [0.5, 0.6) is 0 Å². The lowest BCUT2D eigenvalue weighted by Crippen LogP contribution is -2.16. The third-order valence-corrected chi connectivity index (χ3v) is 3.74. The normalized spacial score (nSPS) is 16.3. The summed E-state index contributed by atoms with van der Waals surface area (Å²) in [5.74, 6) is -0.516. The van der Waals surface area contributed by atoms with Crippen LogP contribution in [-0.4, -0.2) is 22.6 Å². The van der Waals surface area contributed by atoms with E-state index in [1.165, 1.54) is 25.7 Å². The zero-order valence-electron chi connectivity index (χ0n) is 10.4. The molecule has 2 N–H and O–H groups in total. The predicted octanol–water partition coefficient (Wildman–Crippen LogP) is 3.43. The standard InChI is InChI=1S/C13H17ClN2O2/c1-2-5-13(6-7-13)8-15-10-4-3-9(14)11(16-10)12(17)18/h3-4H,2,5-8H2,1H3,(H,15,16)(H,17,18). The quantitative estimate of drug-likeness (QED) is 0.830. The van der Waals surface area contributed by atoms with E-state index in [4.69, 9.17) is 16.7 Å². The summed E-state index contributed by atoms with van der Waals surface area (Å²) in [5, 5.41) is 12.3. The van der Waals surface area contributed by atoms with E-state index >= 15 is 0 Å². The first kappa shape index (κ1) is 13.1. The third kappa shape index (κ3) is 2.93. The Morgan fingerprint density at radius 1 is 1.56 bits per heavy atom. The molecule has 4 nitrogen and oxygen atoms in total. The zero-order valence-corrected chi connectivity index (χ0v) is 11.1. The van der Waals surface area contributed by atoms with Crippen LogP contribution in [0.4, 0.5) is 5.82 Å². The van der Waals surface area contributed by atoms with Gasteiger partial charge in [0.05, 0.1) is 5.02 Å². The number of hydrogen-bond donors (Lipinski definition) is 2. The number of aromatic carboxylic acids is 1. The van der Waals surface area contributed by atoms with Crippen LogP contribution in [0, 0.1) is 5.41 Å². The number of nitrogens with zero attached hydrogens (tertiary/aromatic N) is 1. The van der Waals surface area contributed by atoms with Crippen LogP contribution >= 0.6 is 11.6 Å². The summed E-state index contributed by atoms with van der Waals surface area (Å²) in [4.78, 5) is 14.9. The van der Waals surface area contributed by atoms with Gasteiger partial charge in [0.15, 0.2) is 5.69 Å². The topological polar surface area (TPSA) is 62.2 Å². The van der Waals surface area contributed by atoms with Gasteiger partial charge in [-0.1, -0.05) is 24.9 Å². The van der Waals surface area contributed by atoms with Crippen LogP contribution in [-0.2, 0) is 0 Å². The molecule has 5 heteroatoms. The zero-order chi connectivity index (χ0) is 13.2. The lowest BCUT2D eigenvalue weighted by atomic mass is 10.0. The average Bonchev–Trinajstić information content (AvgIpc) is 3.08. The molecule has 0 aromatic carbocycles. The molecule has 1 fully saturated rings. The van der Waals surface area contributed by atoms with Gasteiger partial charge in [-0.2, -0.15) is 0 Å². The molecule has 0 radical (unpaired) electrons. The number of pyridine rings is 1. The summed E-state index contributed by atoms with van der Waals surface area (Å²) in [5.41, 5.74) is 0.307. The van der Waals surface area contributed by atoms with Crippen molar-refractivity contribution in [1.82, 2.24) is 4.98 Å². The van der Waals surface area contributed by atoms with Gasteiger partial charge in [-0.3, -0.25) is 0 Å². The molecule has 0 amide bonds. The maximum Gasteiger partial charge on any atom is 0.356 e. The number of aromatic nitrogens is 1. The number of hydrogen-bond acceptors (Lipinski definition) is 3. The second-order valence-electron chi connectivity index (χ2n) is 4.94. The van der Waals surface area contributed by atoms with Crippen molar-refractivity contribution in [3.05, 3.63) is 22.8 Å². The summed E-state index contributed by atoms with van der Waals surface area (Å²) in [6, 6.07) is 3.29. The van der Waals surface area contributed by atoms with Crippen molar-refractivity contribution < 1.29 is 9.90 Å². The van der Waals surface area contributed by atoms with Gasteiger partial charge in [0, 0.05) is 6.54 Å². The minimum atomic E-state index is -1.10. The van der Waals surface area contributed by atoms with Crippen LogP contribution in [0.15, 0.2) is 12.1 Å². The van der Waals surface area contributed by atoms with Gasteiger partial charge in [0.1, 0.15) is 5.82 Å². The van der Waals surface area contributed by atoms with E-state index in [0.717, 1.165) is 6.54 Å². The van der Waals surface area contributed by atoms with Crippen LogP contribution < -0.4 is 5.32 Å². The molecule has 1 aliphatic rings. The second kappa shape index (κ2) is 5.14. The van der Waals surface area contributed by atoms with Crippen LogP contribution in [0.1, 0.15) is 43.1 Å². The highest BCUT2D eigenvalue weighted by Crippen LogP contribution is 2.49. The number of halogens is 1. The second-order valence-corrected chi connectivity index (χ2v) is 5.34. The monoisotopic (exact) mass is 268 g/mol. The first-order chi connectivity index (χ1) is 8.56. The van der Waals surface area contributed by atoms with Gasteiger partial charge in [-0.15, -0.1) is 0 Å². The molecule has 1 heterocycles. The van der Waals surface area contributed by atoms with Gasteiger partial charge in [-0.05, 0) is 36.8 Å². The number of carboxylic acid groups (broad SMARTS) is 1. The van der Waals surface area contributed by atoms with Crippen LogP contribution in [0.2, 0.25) is 5.02 Å². The van der Waals surface area contributed by atoms with Crippen molar-refractivity contribution in [2.24, 2.45) is 5.41 Å². The van der Waals surface area contributed by atoms with Gasteiger partial charge >= 0.3 is 5.97 Å². The van der Waals surface area contributed by atoms with E-state index in [1.807, 2.05) is 0 Å². The highest BCUT2D eigenvalue weighted by molar-refractivity contribution is 6.33. The molecule has 0 unspecified atom stereocenters. The van der Waals surface area contributed by atoms with E-state index in [2.05, 4.69) is 17.2 Å². The molecule has 1 aromatic rings. The molecule has 0 spiro atoms. The molecular formula is C13H17ClN2O2. The van der Waals surface area contributed by atoms with E-state index in [-0.39, 0.29) is 10.7 Å². The van der Waals surface area contributed by atoms with Gasteiger partial charge in [0.2, 0.25) is 0 Å². The Bertz CT molecular complexity index is 458. The lowest BCUT2D eigenvalue weighted by Gasteiger charge is -2.15. The maximum absolute atomic E-state index is 10.9. The summed E-state index contributed by atoms with van der Waals surface area (Å²) in [6.07, 6.45) is 4.87. The van der Waals surface area contributed by atoms with Crippen molar-refractivity contribution in [3.8, 4) is 0 Å². The van der Waals surface area contributed by atoms with Crippen molar-refractivity contribution in [2.45, 2.75) is 32.6 Å². The molecule has 1 aromatic heterocycles. The third-order valence-electron chi connectivity index (χ3n) is 3.43. The maximum atomic E-state index is 10.9. The van der Waals surface area contributed by atoms with E-state index in [0.29, 0.717) is 11.2 Å². The molecule has 2 rings (SSSR count).